The van der Waals surface area contributed by atoms with Crippen LogP contribution in [0, 0.1) is 0 Å². The van der Waals surface area contributed by atoms with E-state index >= 15 is 0 Å². The van der Waals surface area contributed by atoms with Crippen molar-refractivity contribution in [2.24, 2.45) is 0 Å². The number of hydrogen-bond acceptors (Lipinski definition) is 3. The fraction of sp³-hybridized carbons (Fsp3) is 0.417. The van der Waals surface area contributed by atoms with Gasteiger partial charge in [-0.1, -0.05) is 6.07 Å². The summed E-state index contributed by atoms with van der Waals surface area (Å²) >= 11 is 0. The van der Waals surface area contributed by atoms with Gasteiger partial charge in [0.2, 0.25) is 0 Å². The average molecular weight is 257 g/mol. The highest BCUT2D eigenvalue weighted by atomic mass is 19.3. The first-order valence-electron chi connectivity index (χ1n) is 5.66. The number of amides is 1. The second-order valence-corrected chi connectivity index (χ2v) is 3.85. The maximum atomic E-state index is 12.1. The summed E-state index contributed by atoms with van der Waals surface area (Å²) < 4.78 is 28.4. The van der Waals surface area contributed by atoms with Crippen LogP contribution >= 0.6 is 0 Å². The highest BCUT2D eigenvalue weighted by molar-refractivity contribution is 5.93. The Morgan fingerprint density at radius 1 is 1.39 bits per heavy atom. The highest BCUT2D eigenvalue weighted by Gasteiger charge is 2.20. The minimum absolute atomic E-state index is 0.0344. The zero-order valence-electron chi connectivity index (χ0n) is 9.64. The van der Waals surface area contributed by atoms with Crippen molar-refractivity contribution < 1.29 is 23.1 Å². The molecule has 0 unspecified atom stereocenters. The van der Waals surface area contributed by atoms with Crippen molar-refractivity contribution in [1.82, 2.24) is 5.06 Å². The molecule has 1 aromatic carbocycles. The van der Waals surface area contributed by atoms with Gasteiger partial charge < -0.3 is 4.74 Å². The van der Waals surface area contributed by atoms with E-state index in [0.717, 1.165) is 12.8 Å². The van der Waals surface area contributed by atoms with Gasteiger partial charge in [0.15, 0.2) is 0 Å². The predicted octanol–water partition coefficient (Wildman–Crippen LogP) is 2.46. The molecule has 0 aromatic heterocycles. The number of hydroxylamine groups is 2. The molecule has 0 saturated carbocycles. The van der Waals surface area contributed by atoms with Crippen molar-refractivity contribution in [2.75, 3.05) is 13.2 Å². The van der Waals surface area contributed by atoms with Gasteiger partial charge in [0, 0.05) is 12.1 Å². The first-order chi connectivity index (χ1) is 8.66. The summed E-state index contributed by atoms with van der Waals surface area (Å²) in [5, 5.41) is 1.25. The lowest BCUT2D eigenvalue weighted by Gasteiger charge is -2.25. The predicted molar refractivity (Wildman–Crippen MR) is 59.3 cm³/mol. The fourth-order valence-corrected chi connectivity index (χ4v) is 1.71. The summed E-state index contributed by atoms with van der Waals surface area (Å²) in [5.41, 5.74) is 0.273. The lowest BCUT2D eigenvalue weighted by atomic mass is 10.2. The van der Waals surface area contributed by atoms with Crippen LogP contribution in [0.1, 0.15) is 23.2 Å². The maximum absolute atomic E-state index is 12.1. The van der Waals surface area contributed by atoms with Gasteiger partial charge in [-0.15, -0.1) is 0 Å². The van der Waals surface area contributed by atoms with E-state index in [9.17, 15) is 13.6 Å². The molecule has 0 atom stereocenters. The third-order valence-corrected chi connectivity index (χ3v) is 2.54. The fourth-order valence-electron chi connectivity index (χ4n) is 1.71. The van der Waals surface area contributed by atoms with Crippen molar-refractivity contribution >= 4 is 5.91 Å². The van der Waals surface area contributed by atoms with Gasteiger partial charge in [-0.05, 0) is 31.0 Å². The van der Waals surface area contributed by atoms with Crippen LogP contribution in [0.5, 0.6) is 5.75 Å². The zero-order valence-corrected chi connectivity index (χ0v) is 9.64. The number of halogens is 2. The van der Waals surface area contributed by atoms with Crippen molar-refractivity contribution in [1.29, 1.82) is 0 Å². The molecule has 6 heteroatoms. The Labute approximate surface area is 103 Å². The molecule has 1 saturated heterocycles. The molecular formula is C12H13F2NO3. The van der Waals surface area contributed by atoms with E-state index in [1.807, 2.05) is 0 Å². The molecule has 1 aromatic rings. The SMILES string of the molecule is O=C(c1cccc(OC(F)F)c1)N1CCCCO1. The van der Waals surface area contributed by atoms with Crippen LogP contribution in [0.15, 0.2) is 24.3 Å². The highest BCUT2D eigenvalue weighted by Crippen LogP contribution is 2.18. The molecule has 1 amide bonds. The second kappa shape index (κ2) is 5.77. The second-order valence-electron chi connectivity index (χ2n) is 3.85. The van der Waals surface area contributed by atoms with Crippen LogP contribution in [0.25, 0.3) is 0 Å². The molecular weight excluding hydrogens is 244 g/mol. The lowest BCUT2D eigenvalue weighted by molar-refractivity contribution is -0.144. The number of ether oxygens (including phenoxy) is 1. The molecule has 4 nitrogen and oxygen atoms in total. The van der Waals surface area contributed by atoms with Crippen LogP contribution in [0.2, 0.25) is 0 Å². The van der Waals surface area contributed by atoms with E-state index in [4.69, 9.17) is 4.84 Å². The van der Waals surface area contributed by atoms with E-state index in [2.05, 4.69) is 4.74 Å². The molecule has 1 aliphatic heterocycles. The molecule has 1 fully saturated rings. The third-order valence-electron chi connectivity index (χ3n) is 2.54. The molecule has 1 heterocycles. The molecule has 18 heavy (non-hydrogen) atoms. The van der Waals surface area contributed by atoms with E-state index in [-0.39, 0.29) is 17.2 Å². The topological polar surface area (TPSA) is 38.8 Å². The number of nitrogens with zero attached hydrogens (tertiary/aromatic N) is 1. The van der Waals surface area contributed by atoms with E-state index in [1.54, 1.807) is 6.07 Å². The molecule has 98 valence electrons. The van der Waals surface area contributed by atoms with Crippen molar-refractivity contribution in [2.45, 2.75) is 19.5 Å². The Kier molecular flexibility index (Phi) is 4.09. The quantitative estimate of drug-likeness (QED) is 0.834. The number of rotatable bonds is 3. The smallest absolute Gasteiger partial charge is 0.387 e. The molecule has 0 radical (unpaired) electrons. The van der Waals surface area contributed by atoms with Crippen LogP contribution < -0.4 is 4.74 Å². The monoisotopic (exact) mass is 257 g/mol. The molecule has 1 aliphatic rings. The number of alkyl halides is 2. The summed E-state index contributed by atoms with van der Waals surface area (Å²) in [5.74, 6) is -0.373. The van der Waals surface area contributed by atoms with Gasteiger partial charge in [-0.25, -0.2) is 5.06 Å². The molecule has 0 N–H and O–H groups in total. The molecule has 2 rings (SSSR count). The molecule has 0 bridgehead atoms. The van der Waals surface area contributed by atoms with E-state index in [1.165, 1.54) is 23.3 Å². The number of hydrogen-bond donors (Lipinski definition) is 0. The third kappa shape index (κ3) is 3.16. The Morgan fingerprint density at radius 3 is 2.89 bits per heavy atom. The summed E-state index contributed by atoms with van der Waals surface area (Å²) in [4.78, 5) is 17.2. The van der Waals surface area contributed by atoms with Crippen molar-refractivity contribution in [3.8, 4) is 5.75 Å². The summed E-state index contributed by atoms with van der Waals surface area (Å²) in [6, 6.07) is 5.69. The Balaban J connectivity index is 2.09. The maximum Gasteiger partial charge on any atom is 0.387 e. The molecule has 0 aliphatic carbocycles. The first kappa shape index (κ1) is 12.8. The lowest BCUT2D eigenvalue weighted by Crippen LogP contribution is -2.35. The molecule has 0 spiro atoms. The number of carbonyl (C=O) groups excluding carboxylic acids is 1. The van der Waals surface area contributed by atoms with Gasteiger partial charge in [0.05, 0.1) is 6.61 Å². The van der Waals surface area contributed by atoms with E-state index < -0.39 is 6.61 Å². The van der Waals surface area contributed by atoms with Crippen LogP contribution in [0.3, 0.4) is 0 Å². The summed E-state index contributed by atoms with van der Waals surface area (Å²) in [6.45, 7) is -1.89. The van der Waals surface area contributed by atoms with E-state index in [0.29, 0.717) is 13.2 Å². The van der Waals surface area contributed by atoms with Crippen LogP contribution in [0.4, 0.5) is 8.78 Å². The standard InChI is InChI=1S/C12H13F2NO3/c13-12(14)18-10-5-3-4-9(8-10)11(16)15-6-1-2-7-17-15/h3-5,8,12H,1-2,6-7H2. The minimum atomic E-state index is -2.90. The van der Waals surface area contributed by atoms with Gasteiger partial charge in [0.25, 0.3) is 5.91 Å². The minimum Gasteiger partial charge on any atom is -0.435 e. The largest absolute Gasteiger partial charge is 0.435 e. The Morgan fingerprint density at radius 2 is 2.22 bits per heavy atom. The van der Waals surface area contributed by atoms with Gasteiger partial charge >= 0.3 is 6.61 Å². The van der Waals surface area contributed by atoms with Gasteiger partial charge in [-0.2, -0.15) is 8.78 Å². The van der Waals surface area contributed by atoms with Gasteiger partial charge in [0.1, 0.15) is 5.75 Å². The Bertz CT molecular complexity index is 420. The zero-order chi connectivity index (χ0) is 13.0. The number of benzene rings is 1. The normalized spacial score (nSPS) is 15.8. The van der Waals surface area contributed by atoms with Crippen LogP contribution in [-0.4, -0.2) is 30.7 Å². The van der Waals surface area contributed by atoms with Crippen LogP contribution in [-0.2, 0) is 4.84 Å². The average Bonchev–Trinajstić information content (AvgIpc) is 2.38. The van der Waals surface area contributed by atoms with Gasteiger partial charge in [-0.3, -0.25) is 9.63 Å². The summed E-state index contributed by atoms with van der Waals surface area (Å²) in [7, 11) is 0. The Hall–Kier alpha value is -1.69. The first-order valence-corrected chi connectivity index (χ1v) is 5.66. The number of carbonyl (C=O) groups is 1. The van der Waals surface area contributed by atoms with Crippen molar-refractivity contribution in [3.63, 3.8) is 0 Å². The summed E-state index contributed by atoms with van der Waals surface area (Å²) in [6.07, 6.45) is 1.79. The van der Waals surface area contributed by atoms with Crippen molar-refractivity contribution in [3.05, 3.63) is 29.8 Å².